The monoisotopic (exact) mass is 295 g/mol. The Kier molecular flexibility index (Phi) is 5.02. The second kappa shape index (κ2) is 6.56. The number of rotatable bonds is 3. The Labute approximate surface area is 136 Å². The molecule has 0 atom stereocenters. The molecule has 0 spiro atoms. The van der Waals surface area contributed by atoms with E-state index in [9.17, 15) is 0 Å². The summed E-state index contributed by atoms with van der Waals surface area (Å²) in [5.41, 5.74) is 6.88. The van der Waals surface area contributed by atoms with E-state index in [1.807, 2.05) is 0 Å². The molecule has 0 saturated heterocycles. The summed E-state index contributed by atoms with van der Waals surface area (Å²) in [6, 6.07) is 8.05. The fourth-order valence-corrected chi connectivity index (χ4v) is 3.08. The van der Waals surface area contributed by atoms with Crippen LogP contribution in [0.2, 0.25) is 0 Å². The van der Waals surface area contributed by atoms with Gasteiger partial charge in [-0.15, -0.1) is 0 Å². The molecule has 0 heterocycles. The minimum atomic E-state index is 0. The van der Waals surface area contributed by atoms with E-state index in [1.54, 1.807) is 0 Å². The SMILES string of the molecule is Cc1[c-]c(C(C2=CC=CC2)C2=CC=CC2)cc(C)c1.[Ti]. The first-order chi connectivity index (χ1) is 9.24. The van der Waals surface area contributed by atoms with Crippen LogP contribution in [0.5, 0.6) is 0 Å². The van der Waals surface area contributed by atoms with Crippen molar-refractivity contribution in [3.8, 4) is 0 Å². The molecule has 0 aliphatic heterocycles. The summed E-state index contributed by atoms with van der Waals surface area (Å²) in [5.74, 6) is 0.406. The van der Waals surface area contributed by atoms with Gasteiger partial charge in [-0.05, 0) is 12.8 Å². The van der Waals surface area contributed by atoms with Crippen molar-refractivity contribution in [2.45, 2.75) is 32.6 Å². The van der Waals surface area contributed by atoms with Gasteiger partial charge in [-0.1, -0.05) is 61.4 Å². The topological polar surface area (TPSA) is 0 Å². The van der Waals surface area contributed by atoms with Gasteiger partial charge in [0.15, 0.2) is 0 Å². The largest absolute Gasteiger partial charge is 0.176 e. The summed E-state index contributed by atoms with van der Waals surface area (Å²) in [6.07, 6.45) is 15.5. The predicted octanol–water partition coefficient (Wildman–Crippen LogP) is 4.96. The van der Waals surface area contributed by atoms with Crippen LogP contribution in [0.1, 0.15) is 35.4 Å². The minimum absolute atomic E-state index is 0. The second-order valence-electron chi connectivity index (χ2n) is 5.48. The first kappa shape index (κ1) is 15.3. The Morgan fingerprint density at radius 1 is 0.950 bits per heavy atom. The number of hydrogen-bond acceptors (Lipinski definition) is 0. The summed E-state index contributed by atoms with van der Waals surface area (Å²) in [4.78, 5) is 0. The van der Waals surface area contributed by atoms with Crippen LogP contribution in [-0.4, -0.2) is 0 Å². The summed E-state index contributed by atoms with van der Waals surface area (Å²) < 4.78 is 0. The maximum Gasteiger partial charge on any atom is 0.00445 e. The van der Waals surface area contributed by atoms with Gasteiger partial charge in [-0.3, -0.25) is 0 Å². The van der Waals surface area contributed by atoms with E-state index in [-0.39, 0.29) is 21.7 Å². The van der Waals surface area contributed by atoms with E-state index >= 15 is 0 Å². The molecule has 0 saturated carbocycles. The molecule has 3 rings (SSSR count). The van der Waals surface area contributed by atoms with Crippen LogP contribution in [0.3, 0.4) is 0 Å². The van der Waals surface area contributed by atoms with Crippen LogP contribution in [0.25, 0.3) is 0 Å². The van der Waals surface area contributed by atoms with Gasteiger partial charge in [0.05, 0.1) is 0 Å². The first-order valence-corrected chi connectivity index (χ1v) is 6.96. The van der Waals surface area contributed by atoms with Gasteiger partial charge in [0.2, 0.25) is 0 Å². The minimum Gasteiger partial charge on any atom is -0.176 e. The van der Waals surface area contributed by atoms with Gasteiger partial charge in [0.25, 0.3) is 0 Å². The molecule has 1 aromatic carbocycles. The third kappa shape index (κ3) is 3.14. The second-order valence-corrected chi connectivity index (χ2v) is 5.48. The Balaban J connectivity index is 0.00000147. The van der Waals surface area contributed by atoms with Crippen molar-refractivity contribution in [1.29, 1.82) is 0 Å². The number of benzene rings is 1. The van der Waals surface area contributed by atoms with Crippen LogP contribution in [0.4, 0.5) is 0 Å². The average Bonchev–Trinajstić information content (AvgIpc) is 3.01. The smallest absolute Gasteiger partial charge is 0.00445 e. The van der Waals surface area contributed by atoms with Gasteiger partial charge in [0, 0.05) is 27.6 Å². The van der Waals surface area contributed by atoms with Crippen molar-refractivity contribution in [3.63, 3.8) is 0 Å². The molecule has 2 aliphatic carbocycles. The zero-order valence-electron chi connectivity index (χ0n) is 12.1. The molecule has 0 radical (unpaired) electrons. The molecule has 2 aliphatic rings. The van der Waals surface area contributed by atoms with E-state index in [0.29, 0.717) is 5.92 Å². The molecule has 1 heteroatoms. The molecule has 20 heavy (non-hydrogen) atoms. The third-order valence-electron chi connectivity index (χ3n) is 3.82. The molecule has 0 bridgehead atoms. The van der Waals surface area contributed by atoms with E-state index in [2.05, 4.69) is 68.5 Å². The molecule has 0 amide bonds. The Morgan fingerprint density at radius 3 is 2.00 bits per heavy atom. The fourth-order valence-electron chi connectivity index (χ4n) is 3.08. The third-order valence-corrected chi connectivity index (χ3v) is 3.82. The van der Waals surface area contributed by atoms with Crippen molar-refractivity contribution in [1.82, 2.24) is 0 Å². The quantitative estimate of drug-likeness (QED) is 0.546. The molecular formula is C19H19Ti-. The van der Waals surface area contributed by atoms with Crippen molar-refractivity contribution in [2.24, 2.45) is 0 Å². The van der Waals surface area contributed by atoms with E-state index in [4.69, 9.17) is 0 Å². The van der Waals surface area contributed by atoms with Crippen LogP contribution < -0.4 is 0 Å². The van der Waals surface area contributed by atoms with E-state index < -0.39 is 0 Å². The van der Waals surface area contributed by atoms with Gasteiger partial charge in [0.1, 0.15) is 0 Å². The predicted molar refractivity (Wildman–Crippen MR) is 81.2 cm³/mol. The van der Waals surface area contributed by atoms with Crippen LogP contribution in [-0.2, 0) is 21.7 Å². The van der Waals surface area contributed by atoms with Crippen LogP contribution >= 0.6 is 0 Å². The summed E-state index contributed by atoms with van der Waals surface area (Å²) in [6.45, 7) is 4.31. The summed E-state index contributed by atoms with van der Waals surface area (Å²) in [5, 5.41) is 0. The van der Waals surface area contributed by atoms with E-state index in [1.165, 1.54) is 27.8 Å². The van der Waals surface area contributed by atoms with E-state index in [0.717, 1.165) is 12.8 Å². The van der Waals surface area contributed by atoms with Crippen molar-refractivity contribution < 1.29 is 21.7 Å². The number of allylic oxidation sites excluding steroid dienone is 8. The summed E-state index contributed by atoms with van der Waals surface area (Å²) >= 11 is 0. The normalized spacial score (nSPS) is 16.4. The van der Waals surface area contributed by atoms with Crippen molar-refractivity contribution >= 4 is 0 Å². The van der Waals surface area contributed by atoms with Crippen molar-refractivity contribution in [2.75, 3.05) is 0 Å². The van der Waals surface area contributed by atoms with Crippen molar-refractivity contribution in [3.05, 3.63) is 82.5 Å². The first-order valence-electron chi connectivity index (χ1n) is 6.96. The molecule has 0 unspecified atom stereocenters. The van der Waals surface area contributed by atoms with Gasteiger partial charge >= 0.3 is 0 Å². The molecular weight excluding hydrogens is 276 g/mol. The molecule has 0 aromatic heterocycles. The Morgan fingerprint density at radius 2 is 1.55 bits per heavy atom. The Hall–Kier alpha value is -1.11. The number of hydrogen-bond donors (Lipinski definition) is 0. The standard InChI is InChI=1S/C19H19.Ti/c1-14-11-15(2)13-18(12-14)19(16-7-3-4-8-16)17-9-5-6-10-17;/h3-7,9,11-12,19H,8,10H2,1-2H3;/q-1;. The zero-order valence-corrected chi connectivity index (χ0v) is 13.7. The van der Waals surface area contributed by atoms with Gasteiger partial charge in [-0.2, -0.15) is 34.9 Å². The average molecular weight is 295 g/mol. The zero-order chi connectivity index (χ0) is 13.2. The molecule has 0 nitrogen and oxygen atoms in total. The molecule has 0 fully saturated rings. The number of aryl methyl sites for hydroxylation is 2. The van der Waals surface area contributed by atoms with Gasteiger partial charge < -0.3 is 0 Å². The van der Waals surface area contributed by atoms with Crippen LogP contribution in [0.15, 0.2) is 59.7 Å². The molecule has 100 valence electrons. The fraction of sp³-hybridized carbons (Fsp3) is 0.263. The maximum absolute atomic E-state index is 3.56. The molecule has 0 N–H and O–H groups in total. The summed E-state index contributed by atoms with van der Waals surface area (Å²) in [7, 11) is 0. The maximum atomic E-state index is 3.56. The van der Waals surface area contributed by atoms with Crippen LogP contribution in [0, 0.1) is 19.9 Å². The Bertz CT molecular complexity index is 564. The molecule has 1 aromatic rings. The van der Waals surface area contributed by atoms with Gasteiger partial charge in [-0.25, -0.2) is 0 Å².